The van der Waals surface area contributed by atoms with Gasteiger partial charge in [-0.1, -0.05) is 25.5 Å². The van der Waals surface area contributed by atoms with Crippen LogP contribution in [0.2, 0.25) is 0 Å². The number of nitrogens with zero attached hydrogens (tertiary/aromatic N) is 2. The molecule has 8 nitrogen and oxygen atoms in total. The molecule has 2 aromatic rings. The summed E-state index contributed by atoms with van der Waals surface area (Å²) in [6.45, 7) is 2.02. The van der Waals surface area contributed by atoms with Gasteiger partial charge in [0.15, 0.2) is 0 Å². The van der Waals surface area contributed by atoms with E-state index in [2.05, 4.69) is 0 Å². The van der Waals surface area contributed by atoms with E-state index in [1.807, 2.05) is 6.92 Å². The number of imide groups is 1. The average Bonchev–Trinajstić information content (AvgIpc) is 2.94. The Morgan fingerprint density at radius 1 is 1.11 bits per heavy atom. The van der Waals surface area contributed by atoms with Crippen LogP contribution in [0.5, 0.6) is 0 Å². The minimum atomic E-state index is -0.729. The van der Waals surface area contributed by atoms with Crippen molar-refractivity contribution < 1.29 is 24.0 Å². The number of carbonyl (C=O) groups is 3. The molecule has 144 valence electrons. The van der Waals surface area contributed by atoms with Gasteiger partial charge in [0.05, 0.1) is 27.2 Å². The summed E-state index contributed by atoms with van der Waals surface area (Å²) in [5.41, 5.74) is 0.656. The van der Waals surface area contributed by atoms with Gasteiger partial charge >= 0.3 is 5.97 Å². The Morgan fingerprint density at radius 3 is 2.54 bits per heavy atom. The summed E-state index contributed by atoms with van der Waals surface area (Å²) in [6, 6.07) is 10.1. The Labute approximate surface area is 160 Å². The molecule has 2 aromatic carbocycles. The summed E-state index contributed by atoms with van der Waals surface area (Å²) in [4.78, 5) is 48.8. The molecule has 0 radical (unpaired) electrons. The van der Waals surface area contributed by atoms with Crippen molar-refractivity contribution in [2.24, 2.45) is 0 Å². The van der Waals surface area contributed by atoms with Gasteiger partial charge in [-0.2, -0.15) is 0 Å². The molecule has 0 fully saturated rings. The second kappa shape index (κ2) is 7.99. The highest BCUT2D eigenvalue weighted by Gasteiger charge is 2.35. The van der Waals surface area contributed by atoms with Crippen molar-refractivity contribution >= 4 is 23.5 Å². The van der Waals surface area contributed by atoms with Gasteiger partial charge in [0.25, 0.3) is 17.5 Å². The standard InChI is InChI=1S/C20H18N2O6/c1-2-3-10-21-18(23)15-9-8-13(11-16(15)19(21)24)20(25)28-12-14-6-4-5-7-17(14)22(26)27/h4-9,11H,2-3,10,12H2,1H3. The normalized spacial score (nSPS) is 12.8. The summed E-state index contributed by atoms with van der Waals surface area (Å²) in [5.74, 6) is -1.52. The van der Waals surface area contributed by atoms with E-state index >= 15 is 0 Å². The maximum absolute atomic E-state index is 12.5. The van der Waals surface area contributed by atoms with Crippen LogP contribution in [-0.4, -0.2) is 34.2 Å². The van der Waals surface area contributed by atoms with Crippen LogP contribution in [0.3, 0.4) is 0 Å². The molecule has 28 heavy (non-hydrogen) atoms. The third kappa shape index (κ3) is 3.62. The number of ether oxygens (including phenoxy) is 1. The van der Waals surface area contributed by atoms with E-state index in [-0.39, 0.29) is 40.5 Å². The van der Waals surface area contributed by atoms with Gasteiger partial charge in [-0.05, 0) is 30.7 Å². The van der Waals surface area contributed by atoms with Gasteiger partial charge in [-0.3, -0.25) is 24.6 Å². The Balaban J connectivity index is 1.75. The van der Waals surface area contributed by atoms with E-state index in [0.717, 1.165) is 6.42 Å². The van der Waals surface area contributed by atoms with Crippen molar-refractivity contribution in [1.82, 2.24) is 4.90 Å². The van der Waals surface area contributed by atoms with E-state index in [0.29, 0.717) is 13.0 Å². The van der Waals surface area contributed by atoms with E-state index < -0.39 is 16.8 Å². The van der Waals surface area contributed by atoms with E-state index in [1.54, 1.807) is 6.07 Å². The van der Waals surface area contributed by atoms with Crippen molar-refractivity contribution in [3.05, 3.63) is 74.8 Å². The maximum Gasteiger partial charge on any atom is 0.338 e. The van der Waals surface area contributed by atoms with Crippen molar-refractivity contribution in [3.63, 3.8) is 0 Å². The Morgan fingerprint density at radius 2 is 1.82 bits per heavy atom. The zero-order chi connectivity index (χ0) is 20.3. The van der Waals surface area contributed by atoms with E-state index in [4.69, 9.17) is 4.74 Å². The fraction of sp³-hybridized carbons (Fsp3) is 0.250. The lowest BCUT2D eigenvalue weighted by Crippen LogP contribution is -2.30. The molecule has 1 aliphatic heterocycles. The molecule has 0 saturated carbocycles. The topological polar surface area (TPSA) is 107 Å². The molecule has 0 saturated heterocycles. The molecule has 1 aliphatic rings. The first-order valence-corrected chi connectivity index (χ1v) is 8.83. The molecule has 0 atom stereocenters. The second-order valence-corrected chi connectivity index (χ2v) is 6.34. The highest BCUT2D eigenvalue weighted by atomic mass is 16.6. The van der Waals surface area contributed by atoms with Crippen LogP contribution in [0.4, 0.5) is 5.69 Å². The maximum atomic E-state index is 12.5. The summed E-state index contributed by atoms with van der Waals surface area (Å²) in [5, 5.41) is 11.0. The van der Waals surface area contributed by atoms with Crippen molar-refractivity contribution in [2.45, 2.75) is 26.4 Å². The lowest BCUT2D eigenvalue weighted by atomic mass is 10.1. The van der Waals surface area contributed by atoms with Crippen LogP contribution in [0.15, 0.2) is 42.5 Å². The van der Waals surface area contributed by atoms with Gasteiger partial charge in [-0.15, -0.1) is 0 Å². The van der Waals surface area contributed by atoms with Gasteiger partial charge in [-0.25, -0.2) is 4.79 Å². The average molecular weight is 382 g/mol. The Bertz CT molecular complexity index is 969. The van der Waals surface area contributed by atoms with Crippen LogP contribution in [0.25, 0.3) is 0 Å². The first-order valence-electron chi connectivity index (χ1n) is 8.83. The lowest BCUT2D eigenvalue weighted by molar-refractivity contribution is -0.385. The number of benzene rings is 2. The van der Waals surface area contributed by atoms with Gasteiger partial charge in [0, 0.05) is 12.6 Å². The van der Waals surface area contributed by atoms with Crippen LogP contribution < -0.4 is 0 Å². The third-order valence-electron chi connectivity index (χ3n) is 4.49. The van der Waals surface area contributed by atoms with Crippen LogP contribution in [-0.2, 0) is 11.3 Å². The largest absolute Gasteiger partial charge is 0.457 e. The summed E-state index contributed by atoms with van der Waals surface area (Å²) < 4.78 is 5.17. The van der Waals surface area contributed by atoms with E-state index in [9.17, 15) is 24.5 Å². The zero-order valence-electron chi connectivity index (χ0n) is 15.2. The third-order valence-corrected chi connectivity index (χ3v) is 4.49. The summed E-state index contributed by atoms with van der Waals surface area (Å²) >= 11 is 0. The molecule has 0 spiro atoms. The molecule has 0 aromatic heterocycles. The fourth-order valence-corrected chi connectivity index (χ4v) is 2.97. The molecule has 0 N–H and O–H groups in total. The van der Waals surface area contributed by atoms with E-state index in [1.165, 1.54) is 41.3 Å². The van der Waals surface area contributed by atoms with Gasteiger partial charge < -0.3 is 4.74 Å². The number of hydrogen-bond donors (Lipinski definition) is 0. The van der Waals surface area contributed by atoms with Crippen LogP contribution in [0.1, 0.15) is 56.4 Å². The smallest absolute Gasteiger partial charge is 0.338 e. The predicted molar refractivity (Wildman–Crippen MR) is 98.9 cm³/mol. The van der Waals surface area contributed by atoms with Crippen molar-refractivity contribution in [2.75, 3.05) is 6.54 Å². The number of carbonyl (C=O) groups excluding carboxylic acids is 3. The number of rotatable bonds is 7. The molecule has 8 heteroatoms. The first kappa shape index (κ1) is 19.2. The molecular formula is C20H18N2O6. The number of amides is 2. The van der Waals surface area contributed by atoms with Crippen LogP contribution in [0, 0.1) is 10.1 Å². The lowest BCUT2D eigenvalue weighted by Gasteiger charge is -2.12. The molecular weight excluding hydrogens is 364 g/mol. The number of nitro benzene ring substituents is 1. The Hall–Kier alpha value is -3.55. The number of para-hydroxylation sites is 1. The molecule has 1 heterocycles. The molecule has 0 aliphatic carbocycles. The number of unbranched alkanes of at least 4 members (excludes halogenated alkanes) is 1. The Kier molecular flexibility index (Phi) is 5.49. The van der Waals surface area contributed by atoms with Crippen LogP contribution >= 0.6 is 0 Å². The fourth-order valence-electron chi connectivity index (χ4n) is 2.97. The first-order chi connectivity index (χ1) is 13.4. The number of esters is 1. The quantitative estimate of drug-likeness (QED) is 0.315. The number of hydrogen-bond acceptors (Lipinski definition) is 6. The van der Waals surface area contributed by atoms with Crippen molar-refractivity contribution in [3.8, 4) is 0 Å². The summed E-state index contributed by atoms with van der Waals surface area (Å²) in [6.07, 6.45) is 1.55. The van der Waals surface area contributed by atoms with Gasteiger partial charge in [0.2, 0.25) is 0 Å². The minimum Gasteiger partial charge on any atom is -0.457 e. The molecule has 0 bridgehead atoms. The number of fused-ring (bicyclic) bond motifs is 1. The highest BCUT2D eigenvalue weighted by molar-refractivity contribution is 6.21. The zero-order valence-corrected chi connectivity index (χ0v) is 15.2. The number of nitro groups is 1. The summed E-state index contributed by atoms with van der Waals surface area (Å²) in [7, 11) is 0. The SMILES string of the molecule is CCCCN1C(=O)c2ccc(C(=O)OCc3ccccc3[N+](=O)[O-])cc2C1=O. The van der Waals surface area contributed by atoms with Crippen molar-refractivity contribution in [1.29, 1.82) is 0 Å². The second-order valence-electron chi connectivity index (χ2n) is 6.34. The molecule has 0 unspecified atom stereocenters. The molecule has 2 amide bonds. The monoisotopic (exact) mass is 382 g/mol. The predicted octanol–water partition coefficient (Wildman–Crippen LogP) is 3.35. The van der Waals surface area contributed by atoms with Gasteiger partial charge in [0.1, 0.15) is 6.61 Å². The highest BCUT2D eigenvalue weighted by Crippen LogP contribution is 2.25. The molecule has 3 rings (SSSR count). The minimum absolute atomic E-state index is 0.107.